The summed E-state index contributed by atoms with van der Waals surface area (Å²) in [4.78, 5) is 31.3. The Kier molecular flexibility index (Phi) is 6.58. The van der Waals surface area contributed by atoms with Crippen LogP contribution in [0.1, 0.15) is 45.3 Å². The summed E-state index contributed by atoms with van der Waals surface area (Å²) in [7, 11) is 3.22. The topological polar surface area (TPSA) is 91.2 Å². The first kappa shape index (κ1) is 22.0. The number of carboxylic acids is 1. The first-order valence-electron chi connectivity index (χ1n) is 9.79. The summed E-state index contributed by atoms with van der Waals surface area (Å²) in [6.45, 7) is 6.31. The number of ether oxygens (including phenoxy) is 1. The van der Waals surface area contributed by atoms with Crippen molar-refractivity contribution < 1.29 is 19.4 Å². The molecule has 1 aromatic heterocycles. The molecule has 30 heavy (non-hydrogen) atoms. The van der Waals surface area contributed by atoms with Gasteiger partial charge in [-0.05, 0) is 33.4 Å². The Morgan fingerprint density at radius 3 is 2.57 bits per heavy atom. The number of carbonyl (C=O) groups excluding carboxylic acids is 1. The fraction of sp³-hybridized carbons (Fsp3) is 0.409. The smallest absolute Gasteiger partial charge is 0.346 e. The lowest BCUT2D eigenvalue weighted by molar-refractivity contribution is -0.140. The third-order valence-electron chi connectivity index (χ3n) is 5.38. The zero-order chi connectivity index (χ0) is 22.0. The molecule has 8 heteroatoms. The molecule has 3 rings (SSSR count). The van der Waals surface area contributed by atoms with Gasteiger partial charge in [0.2, 0.25) is 0 Å². The van der Waals surface area contributed by atoms with Gasteiger partial charge >= 0.3 is 11.9 Å². The van der Waals surface area contributed by atoms with Gasteiger partial charge in [-0.25, -0.2) is 4.79 Å². The average molecular weight is 430 g/mol. The van der Waals surface area contributed by atoms with Crippen molar-refractivity contribution in [1.29, 1.82) is 0 Å². The summed E-state index contributed by atoms with van der Waals surface area (Å²) in [6.07, 6.45) is 0.0784. The molecule has 0 saturated carbocycles. The number of hydrogen-bond donors (Lipinski definition) is 2. The number of carboxylic acid groups (broad SMARTS) is 1. The molecule has 2 aromatic rings. The average Bonchev–Trinajstić information content (AvgIpc) is 2.97. The van der Waals surface area contributed by atoms with Gasteiger partial charge in [0.15, 0.2) is 0 Å². The van der Waals surface area contributed by atoms with Crippen LogP contribution in [0.25, 0.3) is 0 Å². The fourth-order valence-corrected chi connectivity index (χ4v) is 4.82. The lowest BCUT2D eigenvalue weighted by atomic mass is 9.98. The molecule has 0 saturated heterocycles. The van der Waals surface area contributed by atoms with Gasteiger partial charge in [-0.3, -0.25) is 9.79 Å². The van der Waals surface area contributed by atoms with Gasteiger partial charge in [-0.1, -0.05) is 29.8 Å². The maximum absolute atomic E-state index is 12.0. The molecule has 0 aliphatic carbocycles. The second-order valence-corrected chi connectivity index (χ2v) is 8.44. The predicted molar refractivity (Wildman–Crippen MR) is 119 cm³/mol. The Balaban J connectivity index is 2.25. The van der Waals surface area contributed by atoms with Crippen LogP contribution in [0.3, 0.4) is 0 Å². The minimum Gasteiger partial charge on any atom is -0.477 e. The normalized spacial score (nSPS) is 17.0. The van der Waals surface area contributed by atoms with E-state index in [1.54, 1.807) is 0 Å². The quantitative estimate of drug-likeness (QED) is 0.685. The molecule has 160 valence electrons. The van der Waals surface area contributed by atoms with E-state index in [1.807, 2.05) is 52.1 Å². The van der Waals surface area contributed by atoms with Crippen molar-refractivity contribution in [3.63, 3.8) is 0 Å². The Bertz CT molecular complexity index is 981. The van der Waals surface area contributed by atoms with Crippen molar-refractivity contribution >= 4 is 34.0 Å². The van der Waals surface area contributed by atoms with E-state index >= 15 is 0 Å². The highest BCUT2D eigenvalue weighted by molar-refractivity contribution is 7.18. The summed E-state index contributed by atoms with van der Waals surface area (Å²) in [5.41, 5.74) is 4.24. The maximum Gasteiger partial charge on any atom is 0.346 e. The van der Waals surface area contributed by atoms with E-state index < -0.39 is 5.97 Å². The van der Waals surface area contributed by atoms with E-state index in [-0.39, 0.29) is 24.6 Å². The van der Waals surface area contributed by atoms with E-state index in [9.17, 15) is 14.7 Å². The van der Waals surface area contributed by atoms with Crippen molar-refractivity contribution in [3.05, 3.63) is 51.4 Å². The molecule has 2 N–H and O–H groups in total. The Morgan fingerprint density at radius 1 is 1.33 bits per heavy atom. The monoisotopic (exact) mass is 429 g/mol. The molecule has 1 aliphatic rings. The number of nitrogens with zero attached hydrogens (tertiary/aromatic N) is 2. The predicted octanol–water partition coefficient (Wildman–Crippen LogP) is 3.22. The molecule has 0 amide bonds. The zero-order valence-corrected chi connectivity index (χ0v) is 18.7. The number of rotatable bonds is 6. The molecule has 0 spiro atoms. The lowest BCUT2D eigenvalue weighted by Gasteiger charge is -2.31. The zero-order valence-electron chi connectivity index (χ0n) is 17.9. The van der Waals surface area contributed by atoms with E-state index in [1.165, 1.54) is 18.4 Å². The Labute approximate surface area is 180 Å². The van der Waals surface area contributed by atoms with Crippen LogP contribution in [0, 0.1) is 13.8 Å². The van der Waals surface area contributed by atoms with Crippen molar-refractivity contribution in [2.45, 2.75) is 39.4 Å². The molecule has 0 radical (unpaired) electrons. The van der Waals surface area contributed by atoms with Crippen molar-refractivity contribution in [2.75, 3.05) is 25.6 Å². The first-order chi connectivity index (χ1) is 14.3. The SMILES string of the molecule is CNC(C)N1CC(CC(=O)OC)N=C(c2ccc(C)cc2)c2c1sc(C(=O)O)c2C. The molecule has 0 fully saturated rings. The van der Waals surface area contributed by atoms with Gasteiger partial charge in [-0.15, -0.1) is 11.3 Å². The van der Waals surface area contributed by atoms with Crippen LogP contribution in [0.15, 0.2) is 29.3 Å². The van der Waals surface area contributed by atoms with Gasteiger partial charge in [-0.2, -0.15) is 0 Å². The molecule has 1 aliphatic heterocycles. The van der Waals surface area contributed by atoms with Crippen LogP contribution in [-0.4, -0.2) is 55.7 Å². The largest absolute Gasteiger partial charge is 0.477 e. The molecular weight excluding hydrogens is 402 g/mol. The Morgan fingerprint density at radius 2 is 2.00 bits per heavy atom. The van der Waals surface area contributed by atoms with E-state index in [0.717, 1.165) is 21.7 Å². The third kappa shape index (κ3) is 4.24. The number of aromatic carboxylic acids is 1. The first-order valence-corrected chi connectivity index (χ1v) is 10.6. The number of methoxy groups -OCH3 is 1. The number of hydrogen-bond acceptors (Lipinski definition) is 7. The molecule has 7 nitrogen and oxygen atoms in total. The summed E-state index contributed by atoms with van der Waals surface area (Å²) in [5.74, 6) is -1.27. The maximum atomic E-state index is 12.0. The van der Waals surface area contributed by atoms with Crippen LogP contribution in [0.2, 0.25) is 0 Å². The molecule has 0 bridgehead atoms. The van der Waals surface area contributed by atoms with Gasteiger partial charge in [0.25, 0.3) is 0 Å². The van der Waals surface area contributed by atoms with E-state index in [0.29, 0.717) is 22.7 Å². The minimum atomic E-state index is -0.947. The number of fused-ring (bicyclic) bond motifs is 1. The number of nitrogens with one attached hydrogen (secondary N) is 1. The standard InChI is InChI=1S/C22H27N3O4S/c1-12-6-8-15(9-7-12)19-18-13(2)20(22(27)28)30-21(18)25(14(3)23-4)11-16(24-19)10-17(26)29-5/h6-9,14,16,23H,10-11H2,1-5H3,(H,27,28). The summed E-state index contributed by atoms with van der Waals surface area (Å²) < 4.78 is 4.89. The second-order valence-electron chi connectivity index (χ2n) is 7.44. The molecule has 2 heterocycles. The molecule has 2 unspecified atom stereocenters. The lowest BCUT2D eigenvalue weighted by Crippen LogP contribution is -2.45. The van der Waals surface area contributed by atoms with Crippen LogP contribution in [0.5, 0.6) is 0 Å². The summed E-state index contributed by atoms with van der Waals surface area (Å²) in [5, 5.41) is 13.8. The van der Waals surface area contributed by atoms with Gasteiger partial charge in [0.05, 0.1) is 31.4 Å². The molecule has 1 aromatic carbocycles. The number of thiophene rings is 1. The summed E-state index contributed by atoms with van der Waals surface area (Å²) >= 11 is 1.25. The summed E-state index contributed by atoms with van der Waals surface area (Å²) in [6, 6.07) is 7.66. The van der Waals surface area contributed by atoms with Crippen molar-refractivity contribution in [1.82, 2.24) is 5.32 Å². The van der Waals surface area contributed by atoms with Gasteiger partial charge < -0.3 is 20.1 Å². The highest BCUT2D eigenvalue weighted by atomic mass is 32.1. The van der Waals surface area contributed by atoms with Crippen LogP contribution in [0.4, 0.5) is 5.00 Å². The highest BCUT2D eigenvalue weighted by Gasteiger charge is 2.33. The molecule has 2 atom stereocenters. The number of benzene rings is 1. The van der Waals surface area contributed by atoms with E-state index in [2.05, 4.69) is 10.2 Å². The number of anilines is 1. The number of esters is 1. The number of carbonyl (C=O) groups is 2. The fourth-order valence-electron chi connectivity index (χ4n) is 3.59. The van der Waals surface area contributed by atoms with Crippen molar-refractivity contribution in [3.8, 4) is 0 Å². The van der Waals surface area contributed by atoms with Crippen LogP contribution in [-0.2, 0) is 9.53 Å². The number of aryl methyl sites for hydroxylation is 1. The van der Waals surface area contributed by atoms with Gasteiger partial charge in [0.1, 0.15) is 9.88 Å². The van der Waals surface area contributed by atoms with E-state index in [4.69, 9.17) is 9.73 Å². The third-order valence-corrected chi connectivity index (χ3v) is 6.70. The van der Waals surface area contributed by atoms with Crippen LogP contribution >= 0.6 is 11.3 Å². The number of aliphatic imine (C=N–C) groups is 1. The van der Waals surface area contributed by atoms with Crippen molar-refractivity contribution in [2.24, 2.45) is 4.99 Å². The second kappa shape index (κ2) is 8.97. The minimum absolute atomic E-state index is 0.0730. The van der Waals surface area contributed by atoms with Crippen LogP contribution < -0.4 is 10.2 Å². The Hall–Kier alpha value is -2.71. The molecular formula is C22H27N3O4S. The highest BCUT2D eigenvalue weighted by Crippen LogP contribution is 2.40. The van der Waals surface area contributed by atoms with Gasteiger partial charge in [0, 0.05) is 17.7 Å².